The minimum atomic E-state index is -0.0290. The van der Waals surface area contributed by atoms with Crippen molar-refractivity contribution in [2.75, 3.05) is 19.8 Å². The molecule has 0 saturated heterocycles. The van der Waals surface area contributed by atoms with E-state index in [0.29, 0.717) is 42.4 Å². The van der Waals surface area contributed by atoms with Crippen LogP contribution in [0.4, 0.5) is 0 Å². The maximum atomic E-state index is 10.5. The lowest BCUT2D eigenvalue weighted by molar-refractivity contribution is 0.302. The van der Waals surface area contributed by atoms with Gasteiger partial charge in [0.25, 0.3) is 0 Å². The van der Waals surface area contributed by atoms with Crippen molar-refractivity contribution >= 4 is 12.4 Å². The van der Waals surface area contributed by atoms with Gasteiger partial charge in [-0.1, -0.05) is 136 Å². The topological polar surface area (TPSA) is 83.6 Å². The van der Waals surface area contributed by atoms with Crippen LogP contribution in [0.2, 0.25) is 0 Å². The molecule has 270 valence electrons. The average molecular weight is 665 g/mol. The summed E-state index contributed by atoms with van der Waals surface area (Å²) in [5.74, 6) is 1.70. The molecule has 2 rings (SSSR count). The first-order chi connectivity index (χ1) is 23.6. The van der Waals surface area contributed by atoms with Crippen molar-refractivity contribution in [3.63, 3.8) is 0 Å². The molecule has 0 bridgehead atoms. The van der Waals surface area contributed by atoms with E-state index in [4.69, 9.17) is 9.47 Å². The molecular weight excluding hydrogens is 596 g/mol. The molecule has 2 aromatic carbocycles. The minimum absolute atomic E-state index is 0.0290. The highest BCUT2D eigenvalue weighted by atomic mass is 16.5. The standard InChI is InChI=1S/C42H68N2O4/c1-4-7-9-11-13-15-17-19-21-23-29-47-39-27-25-36(41(45)31-39)33-43-35-38(6-3)44-34-37-26-28-40(32-42(37)46)48-30-24-22-20-18-16-14-12-10-8-5-2/h25-28,31-34,38,45-46H,4-24,29-30,35H2,1-3H3. The molecular formula is C42H68N2O4. The van der Waals surface area contributed by atoms with Gasteiger partial charge in [0.15, 0.2) is 0 Å². The minimum Gasteiger partial charge on any atom is -0.507 e. The second kappa shape index (κ2) is 27.9. The smallest absolute Gasteiger partial charge is 0.128 e. The third-order valence-corrected chi connectivity index (χ3v) is 8.98. The molecule has 0 radical (unpaired) electrons. The Morgan fingerprint density at radius 3 is 1.33 bits per heavy atom. The second-order valence-corrected chi connectivity index (χ2v) is 13.3. The van der Waals surface area contributed by atoms with Crippen LogP contribution in [0.5, 0.6) is 23.0 Å². The molecule has 2 N–H and O–H groups in total. The molecule has 1 atom stereocenters. The third kappa shape index (κ3) is 19.7. The van der Waals surface area contributed by atoms with Gasteiger partial charge in [0, 0.05) is 35.7 Å². The lowest BCUT2D eigenvalue weighted by atomic mass is 10.1. The Balaban J connectivity index is 1.64. The van der Waals surface area contributed by atoms with Gasteiger partial charge >= 0.3 is 0 Å². The Bertz CT molecular complexity index is 1130. The summed E-state index contributed by atoms with van der Waals surface area (Å²) in [6.07, 6.45) is 30.1. The van der Waals surface area contributed by atoms with Gasteiger partial charge in [-0.05, 0) is 43.5 Å². The van der Waals surface area contributed by atoms with Gasteiger partial charge in [-0.25, -0.2) is 0 Å². The van der Waals surface area contributed by atoms with E-state index in [9.17, 15) is 10.2 Å². The Hall–Kier alpha value is -3.02. The zero-order valence-electron chi connectivity index (χ0n) is 30.8. The molecule has 0 heterocycles. The molecule has 48 heavy (non-hydrogen) atoms. The summed E-state index contributed by atoms with van der Waals surface area (Å²) in [6.45, 7) is 8.42. The fourth-order valence-corrected chi connectivity index (χ4v) is 5.74. The molecule has 0 saturated carbocycles. The molecule has 0 aromatic heterocycles. The van der Waals surface area contributed by atoms with Crippen molar-refractivity contribution in [1.29, 1.82) is 0 Å². The van der Waals surface area contributed by atoms with E-state index in [1.54, 1.807) is 24.6 Å². The van der Waals surface area contributed by atoms with Crippen LogP contribution in [-0.2, 0) is 0 Å². The summed E-state index contributed by atoms with van der Waals surface area (Å²) in [7, 11) is 0. The molecule has 6 nitrogen and oxygen atoms in total. The average Bonchev–Trinajstić information content (AvgIpc) is 3.09. The molecule has 0 amide bonds. The summed E-state index contributed by atoms with van der Waals surface area (Å²) >= 11 is 0. The van der Waals surface area contributed by atoms with Crippen LogP contribution in [0, 0.1) is 0 Å². The summed E-state index contributed by atoms with van der Waals surface area (Å²) in [6, 6.07) is 10.8. The predicted molar refractivity (Wildman–Crippen MR) is 205 cm³/mol. The fourth-order valence-electron chi connectivity index (χ4n) is 5.74. The van der Waals surface area contributed by atoms with Gasteiger partial charge in [-0.3, -0.25) is 9.98 Å². The van der Waals surface area contributed by atoms with E-state index < -0.39 is 0 Å². The number of rotatable bonds is 30. The first kappa shape index (κ1) is 41.2. The summed E-state index contributed by atoms with van der Waals surface area (Å²) in [4.78, 5) is 9.20. The molecule has 1 unspecified atom stereocenters. The number of aliphatic imine (C=N–C) groups is 2. The van der Waals surface area contributed by atoms with Crippen molar-refractivity contribution in [2.45, 2.75) is 162 Å². The van der Waals surface area contributed by atoms with E-state index in [2.05, 4.69) is 30.8 Å². The second-order valence-electron chi connectivity index (χ2n) is 13.3. The first-order valence-corrected chi connectivity index (χ1v) is 19.5. The van der Waals surface area contributed by atoms with E-state index in [-0.39, 0.29) is 17.5 Å². The summed E-state index contributed by atoms with van der Waals surface area (Å²) in [5.41, 5.74) is 1.32. The van der Waals surface area contributed by atoms with Crippen LogP contribution in [0.15, 0.2) is 46.4 Å². The number of benzene rings is 2. The highest BCUT2D eigenvalue weighted by Crippen LogP contribution is 2.24. The molecule has 0 aliphatic heterocycles. The molecule has 6 heteroatoms. The normalized spacial score (nSPS) is 12.3. The number of ether oxygens (including phenoxy) is 2. The lowest BCUT2D eigenvalue weighted by Crippen LogP contribution is -2.08. The number of unbranched alkanes of at least 4 members (excludes halogenated alkanes) is 18. The number of hydrogen-bond donors (Lipinski definition) is 2. The molecule has 2 aromatic rings. The van der Waals surface area contributed by atoms with Gasteiger partial charge in [-0.15, -0.1) is 0 Å². The van der Waals surface area contributed by atoms with E-state index in [0.717, 1.165) is 19.3 Å². The quantitative estimate of drug-likeness (QED) is 0.0643. The fraction of sp³-hybridized carbons (Fsp3) is 0.667. The zero-order chi connectivity index (χ0) is 34.5. The lowest BCUT2D eigenvalue weighted by Gasteiger charge is -2.09. The maximum absolute atomic E-state index is 10.5. The number of hydrogen-bond acceptors (Lipinski definition) is 6. The molecule has 0 fully saturated rings. The number of phenolic OH excluding ortho intramolecular Hbond substituents is 2. The first-order valence-electron chi connectivity index (χ1n) is 19.5. The largest absolute Gasteiger partial charge is 0.507 e. The highest BCUT2D eigenvalue weighted by molar-refractivity contribution is 5.84. The van der Waals surface area contributed by atoms with Gasteiger partial charge in [0.05, 0.1) is 25.8 Å². The van der Waals surface area contributed by atoms with Gasteiger partial charge < -0.3 is 19.7 Å². The third-order valence-electron chi connectivity index (χ3n) is 8.98. The Morgan fingerprint density at radius 1 is 0.542 bits per heavy atom. The maximum Gasteiger partial charge on any atom is 0.128 e. The predicted octanol–water partition coefficient (Wildman–Crippen LogP) is 12.0. The highest BCUT2D eigenvalue weighted by Gasteiger charge is 2.06. The SMILES string of the molecule is CCCCCCCCCCCCOc1ccc(C=NCC(CC)N=Cc2ccc(OCCCCCCCCCCCC)cc2O)c(O)c1. The number of aromatic hydroxyl groups is 2. The van der Waals surface area contributed by atoms with Crippen LogP contribution >= 0.6 is 0 Å². The van der Waals surface area contributed by atoms with Gasteiger partial charge in [0.2, 0.25) is 0 Å². The molecule has 0 aliphatic carbocycles. The van der Waals surface area contributed by atoms with Crippen LogP contribution < -0.4 is 9.47 Å². The van der Waals surface area contributed by atoms with Crippen LogP contribution in [0.3, 0.4) is 0 Å². The number of nitrogens with zero attached hydrogens (tertiary/aromatic N) is 2. The van der Waals surface area contributed by atoms with Crippen molar-refractivity contribution in [2.24, 2.45) is 9.98 Å². The molecule has 0 spiro atoms. The van der Waals surface area contributed by atoms with Crippen molar-refractivity contribution in [3.05, 3.63) is 47.5 Å². The van der Waals surface area contributed by atoms with Crippen molar-refractivity contribution < 1.29 is 19.7 Å². The van der Waals surface area contributed by atoms with E-state index in [1.165, 1.54) is 116 Å². The van der Waals surface area contributed by atoms with Crippen LogP contribution in [0.25, 0.3) is 0 Å². The van der Waals surface area contributed by atoms with Crippen LogP contribution in [0.1, 0.15) is 167 Å². The van der Waals surface area contributed by atoms with Gasteiger partial charge in [-0.2, -0.15) is 0 Å². The Labute approximate surface area is 293 Å². The van der Waals surface area contributed by atoms with Gasteiger partial charge in [0.1, 0.15) is 23.0 Å². The monoisotopic (exact) mass is 665 g/mol. The van der Waals surface area contributed by atoms with E-state index in [1.807, 2.05) is 24.3 Å². The van der Waals surface area contributed by atoms with E-state index >= 15 is 0 Å². The van der Waals surface area contributed by atoms with Crippen molar-refractivity contribution in [3.8, 4) is 23.0 Å². The molecule has 0 aliphatic rings. The van der Waals surface area contributed by atoms with Crippen molar-refractivity contribution in [1.82, 2.24) is 0 Å². The van der Waals surface area contributed by atoms with Crippen LogP contribution in [-0.4, -0.2) is 48.4 Å². The zero-order valence-corrected chi connectivity index (χ0v) is 30.8. The Kier molecular flexibility index (Phi) is 23.9. The number of phenols is 2. The Morgan fingerprint density at radius 2 is 0.938 bits per heavy atom. The summed E-state index contributed by atoms with van der Waals surface area (Å²) in [5, 5.41) is 21.0. The summed E-state index contributed by atoms with van der Waals surface area (Å²) < 4.78 is 11.7.